The summed E-state index contributed by atoms with van der Waals surface area (Å²) in [5.41, 5.74) is 0.420. The van der Waals surface area contributed by atoms with E-state index >= 15 is 0 Å². The molecule has 6 heteroatoms. The lowest BCUT2D eigenvalue weighted by atomic mass is 10.2. The summed E-state index contributed by atoms with van der Waals surface area (Å²) in [5.74, 6) is 0.00745. The first kappa shape index (κ1) is 14.8. The summed E-state index contributed by atoms with van der Waals surface area (Å²) in [6, 6.07) is 6.51. The third-order valence-corrected chi connectivity index (χ3v) is 3.97. The Morgan fingerprint density at radius 2 is 1.89 bits per heavy atom. The van der Waals surface area contributed by atoms with E-state index in [1.54, 1.807) is 25.1 Å². The van der Waals surface area contributed by atoms with Gasteiger partial charge in [-0.2, -0.15) is 8.42 Å². The number of nitrogens with zero attached hydrogens (tertiary/aromatic N) is 1. The van der Waals surface area contributed by atoms with Crippen molar-refractivity contribution in [1.82, 2.24) is 0 Å². The van der Waals surface area contributed by atoms with Gasteiger partial charge in [-0.25, -0.2) is 0 Å². The number of hydrogen-bond donors (Lipinski definition) is 2. The minimum absolute atomic E-state index is 0.00745. The van der Waals surface area contributed by atoms with Crippen molar-refractivity contribution in [3.63, 3.8) is 0 Å². The summed E-state index contributed by atoms with van der Waals surface area (Å²) in [4.78, 5) is 1.52. The van der Waals surface area contributed by atoms with Gasteiger partial charge in [0.25, 0.3) is 10.1 Å². The van der Waals surface area contributed by atoms with Crippen LogP contribution in [0.4, 0.5) is 5.69 Å². The third kappa shape index (κ3) is 3.36. The largest absolute Gasteiger partial charge is 0.506 e. The third-order valence-electron chi connectivity index (χ3n) is 2.70. The number of rotatable bonds is 6. The molecular formula is C12H19NO4S. The Hall–Kier alpha value is -1.27. The first-order chi connectivity index (χ1) is 8.41. The van der Waals surface area contributed by atoms with Crippen molar-refractivity contribution >= 4 is 15.8 Å². The Morgan fingerprint density at radius 3 is 2.33 bits per heavy atom. The van der Waals surface area contributed by atoms with Crippen LogP contribution in [0.25, 0.3) is 0 Å². The molecule has 0 heterocycles. The first-order valence-corrected chi connectivity index (χ1v) is 7.43. The zero-order valence-corrected chi connectivity index (χ0v) is 11.4. The van der Waals surface area contributed by atoms with Gasteiger partial charge in [-0.05, 0) is 25.0 Å². The standard InChI is InChI=1S/C12H19NO4S/c1-3-9-13(12(4-2)18(15,16)17)10-7-5-6-8-11(10)14/h5-8,12,14H,3-4,9H2,1-2H3,(H,15,16,17). The molecule has 0 radical (unpaired) electrons. The van der Waals surface area contributed by atoms with Crippen LogP contribution < -0.4 is 4.90 Å². The van der Waals surface area contributed by atoms with E-state index in [2.05, 4.69) is 0 Å². The van der Waals surface area contributed by atoms with E-state index < -0.39 is 15.5 Å². The first-order valence-electron chi connectivity index (χ1n) is 5.92. The molecule has 1 rings (SSSR count). The van der Waals surface area contributed by atoms with Gasteiger partial charge in [-0.3, -0.25) is 4.55 Å². The molecule has 0 aliphatic carbocycles. The predicted molar refractivity (Wildman–Crippen MR) is 71.4 cm³/mol. The average Bonchev–Trinajstić information content (AvgIpc) is 2.28. The SMILES string of the molecule is CCCN(c1ccccc1O)C(CC)S(=O)(=O)O. The summed E-state index contributed by atoms with van der Waals surface area (Å²) in [7, 11) is -4.19. The second-order valence-electron chi connectivity index (χ2n) is 4.06. The summed E-state index contributed by atoms with van der Waals surface area (Å²) < 4.78 is 32.1. The number of para-hydroxylation sites is 2. The van der Waals surface area contributed by atoms with Gasteiger partial charge in [-0.1, -0.05) is 26.0 Å². The number of phenols is 1. The molecule has 0 amide bonds. The topological polar surface area (TPSA) is 77.8 Å². The van der Waals surface area contributed by atoms with Crippen molar-refractivity contribution in [3.8, 4) is 5.75 Å². The number of aromatic hydroxyl groups is 1. The van der Waals surface area contributed by atoms with E-state index in [1.165, 1.54) is 11.0 Å². The van der Waals surface area contributed by atoms with Crippen LogP contribution in [0.2, 0.25) is 0 Å². The number of anilines is 1. The van der Waals surface area contributed by atoms with Crippen LogP contribution >= 0.6 is 0 Å². The fourth-order valence-electron chi connectivity index (χ4n) is 1.96. The highest BCUT2D eigenvalue weighted by atomic mass is 32.2. The maximum atomic E-state index is 11.4. The highest BCUT2D eigenvalue weighted by molar-refractivity contribution is 7.86. The Kier molecular flexibility index (Phi) is 4.98. The van der Waals surface area contributed by atoms with Crippen LogP contribution in [0.15, 0.2) is 24.3 Å². The molecule has 0 aliphatic rings. The van der Waals surface area contributed by atoms with Gasteiger partial charge in [0.15, 0.2) is 5.37 Å². The van der Waals surface area contributed by atoms with Gasteiger partial charge in [0.1, 0.15) is 5.75 Å². The lowest BCUT2D eigenvalue weighted by Crippen LogP contribution is -2.41. The fraction of sp³-hybridized carbons (Fsp3) is 0.500. The molecule has 5 nitrogen and oxygen atoms in total. The van der Waals surface area contributed by atoms with Crippen molar-refractivity contribution in [3.05, 3.63) is 24.3 Å². The van der Waals surface area contributed by atoms with Crippen molar-refractivity contribution < 1.29 is 18.1 Å². The van der Waals surface area contributed by atoms with Crippen LogP contribution in [-0.2, 0) is 10.1 Å². The van der Waals surface area contributed by atoms with Crippen LogP contribution in [0.1, 0.15) is 26.7 Å². The summed E-state index contributed by atoms with van der Waals surface area (Å²) in [6.45, 7) is 4.03. The molecule has 2 N–H and O–H groups in total. The van der Waals surface area contributed by atoms with Crippen molar-refractivity contribution in [1.29, 1.82) is 0 Å². The molecule has 1 aromatic carbocycles. The fourth-order valence-corrected chi connectivity index (χ4v) is 2.92. The predicted octanol–water partition coefficient (Wildman–Crippen LogP) is 2.23. The van der Waals surface area contributed by atoms with Crippen LogP contribution in [0, 0.1) is 0 Å². The highest BCUT2D eigenvalue weighted by Crippen LogP contribution is 2.30. The van der Waals surface area contributed by atoms with Crippen LogP contribution in [0.3, 0.4) is 0 Å². The van der Waals surface area contributed by atoms with E-state index in [9.17, 15) is 18.1 Å². The lowest BCUT2D eigenvalue weighted by Gasteiger charge is -2.31. The van der Waals surface area contributed by atoms with E-state index in [1.807, 2.05) is 6.92 Å². The summed E-state index contributed by atoms with van der Waals surface area (Å²) in [5, 5.41) is 8.76. The maximum Gasteiger partial charge on any atom is 0.286 e. The van der Waals surface area contributed by atoms with Crippen molar-refractivity contribution in [2.75, 3.05) is 11.4 Å². The van der Waals surface area contributed by atoms with Gasteiger partial charge in [-0.15, -0.1) is 0 Å². The minimum atomic E-state index is -4.19. The molecule has 0 fully saturated rings. The van der Waals surface area contributed by atoms with E-state index in [0.29, 0.717) is 18.7 Å². The smallest absolute Gasteiger partial charge is 0.286 e. The van der Waals surface area contributed by atoms with Crippen LogP contribution in [0.5, 0.6) is 5.75 Å². The molecule has 0 bridgehead atoms. The molecule has 1 atom stereocenters. The van der Waals surface area contributed by atoms with Gasteiger partial charge in [0.05, 0.1) is 5.69 Å². The molecule has 102 valence electrons. The molecule has 0 spiro atoms. The number of phenolic OH excluding ortho intramolecular Hbond substituents is 1. The summed E-state index contributed by atoms with van der Waals surface area (Å²) in [6.07, 6.45) is 0.952. The molecule has 0 aliphatic heterocycles. The molecule has 18 heavy (non-hydrogen) atoms. The summed E-state index contributed by atoms with van der Waals surface area (Å²) >= 11 is 0. The van der Waals surface area contributed by atoms with Gasteiger partial charge >= 0.3 is 0 Å². The minimum Gasteiger partial charge on any atom is -0.506 e. The lowest BCUT2D eigenvalue weighted by molar-refractivity contribution is 0.453. The second-order valence-corrected chi connectivity index (χ2v) is 5.63. The molecule has 1 unspecified atom stereocenters. The monoisotopic (exact) mass is 273 g/mol. The van der Waals surface area contributed by atoms with Crippen LogP contribution in [-0.4, -0.2) is 30.0 Å². The Morgan fingerprint density at radius 1 is 1.28 bits per heavy atom. The Balaban J connectivity index is 3.21. The average molecular weight is 273 g/mol. The normalized spacial score (nSPS) is 13.3. The molecule has 0 saturated carbocycles. The Labute approximate surface area is 108 Å². The van der Waals surface area contributed by atoms with E-state index in [-0.39, 0.29) is 12.2 Å². The van der Waals surface area contributed by atoms with E-state index in [0.717, 1.165) is 0 Å². The number of hydrogen-bond acceptors (Lipinski definition) is 4. The van der Waals surface area contributed by atoms with Crippen molar-refractivity contribution in [2.45, 2.75) is 32.1 Å². The van der Waals surface area contributed by atoms with Gasteiger partial charge < -0.3 is 10.0 Å². The van der Waals surface area contributed by atoms with Gasteiger partial charge in [0.2, 0.25) is 0 Å². The second kappa shape index (κ2) is 6.06. The molecule has 0 saturated heterocycles. The number of benzene rings is 1. The zero-order chi connectivity index (χ0) is 13.8. The molecule has 0 aromatic heterocycles. The quantitative estimate of drug-likeness (QED) is 0.777. The van der Waals surface area contributed by atoms with E-state index in [4.69, 9.17) is 0 Å². The molecular weight excluding hydrogens is 254 g/mol. The molecule has 1 aromatic rings. The van der Waals surface area contributed by atoms with Crippen molar-refractivity contribution in [2.24, 2.45) is 0 Å². The van der Waals surface area contributed by atoms with Gasteiger partial charge in [0, 0.05) is 6.54 Å². The maximum absolute atomic E-state index is 11.4. The highest BCUT2D eigenvalue weighted by Gasteiger charge is 2.29. The Bertz CT molecular complexity index is 487. The zero-order valence-electron chi connectivity index (χ0n) is 10.6.